The molecule has 0 aromatic heterocycles. The lowest BCUT2D eigenvalue weighted by Crippen LogP contribution is -2.43. The van der Waals surface area contributed by atoms with Crippen molar-refractivity contribution >= 4 is 11.8 Å². The van der Waals surface area contributed by atoms with Crippen LogP contribution < -0.4 is 0 Å². The van der Waals surface area contributed by atoms with Crippen LogP contribution in [0.3, 0.4) is 0 Å². The van der Waals surface area contributed by atoms with Crippen LogP contribution in [0.15, 0.2) is 0 Å². The minimum atomic E-state index is -0.240. The summed E-state index contributed by atoms with van der Waals surface area (Å²) in [4.78, 5) is 0. The second kappa shape index (κ2) is 5.91. The molecule has 4 unspecified atom stereocenters. The lowest BCUT2D eigenvalue weighted by Gasteiger charge is -2.39. The molecule has 0 aromatic carbocycles. The monoisotopic (exact) mass is 260 g/mol. The normalized spacial score (nSPS) is 37.2. The van der Waals surface area contributed by atoms with Crippen LogP contribution >= 0.6 is 11.8 Å². The Morgan fingerprint density at radius 1 is 1.59 bits per heavy atom. The summed E-state index contributed by atoms with van der Waals surface area (Å²) < 4.78 is 11.2. The fourth-order valence-electron chi connectivity index (χ4n) is 2.89. The van der Waals surface area contributed by atoms with Gasteiger partial charge in [0.2, 0.25) is 0 Å². The van der Waals surface area contributed by atoms with Crippen molar-refractivity contribution in [1.82, 2.24) is 0 Å². The zero-order chi connectivity index (χ0) is 12.3. The molecule has 2 fully saturated rings. The molecule has 2 rings (SSSR count). The molecule has 100 valence electrons. The minimum Gasteiger partial charge on any atom is -0.393 e. The molecular weight excluding hydrogens is 236 g/mol. The van der Waals surface area contributed by atoms with E-state index in [1.54, 1.807) is 7.11 Å². The number of thioether (sulfide) groups is 1. The van der Waals surface area contributed by atoms with Crippen LogP contribution in [-0.4, -0.2) is 48.1 Å². The summed E-state index contributed by atoms with van der Waals surface area (Å²) in [7, 11) is 1.70. The molecule has 0 saturated carbocycles. The Balaban J connectivity index is 1.88. The van der Waals surface area contributed by atoms with E-state index in [0.717, 1.165) is 38.0 Å². The first-order chi connectivity index (χ1) is 8.15. The second-order valence-corrected chi connectivity index (χ2v) is 6.54. The van der Waals surface area contributed by atoms with Crippen molar-refractivity contribution in [3.05, 3.63) is 0 Å². The molecule has 17 heavy (non-hydrogen) atoms. The SMILES string of the molecule is COC(C)CC(O)C1CCOC2(CCSC2)C1. The highest BCUT2D eigenvalue weighted by Gasteiger charge is 2.42. The summed E-state index contributed by atoms with van der Waals surface area (Å²) in [5, 5.41) is 10.3. The predicted octanol–water partition coefficient (Wildman–Crippen LogP) is 2.07. The number of hydrogen-bond acceptors (Lipinski definition) is 4. The van der Waals surface area contributed by atoms with E-state index in [0.29, 0.717) is 5.92 Å². The summed E-state index contributed by atoms with van der Waals surface area (Å²) in [5.74, 6) is 2.70. The molecule has 1 spiro atoms. The lowest BCUT2D eigenvalue weighted by atomic mass is 9.81. The van der Waals surface area contributed by atoms with Gasteiger partial charge in [-0.3, -0.25) is 0 Å². The number of hydrogen-bond donors (Lipinski definition) is 1. The van der Waals surface area contributed by atoms with E-state index in [-0.39, 0.29) is 17.8 Å². The number of aliphatic hydroxyl groups excluding tert-OH is 1. The van der Waals surface area contributed by atoms with Crippen molar-refractivity contribution in [2.75, 3.05) is 25.2 Å². The zero-order valence-electron chi connectivity index (χ0n) is 10.9. The van der Waals surface area contributed by atoms with Gasteiger partial charge < -0.3 is 14.6 Å². The summed E-state index contributed by atoms with van der Waals surface area (Å²) in [6.07, 6.45) is 3.81. The fraction of sp³-hybridized carbons (Fsp3) is 1.00. The quantitative estimate of drug-likeness (QED) is 0.840. The van der Waals surface area contributed by atoms with Gasteiger partial charge in [0.25, 0.3) is 0 Å². The van der Waals surface area contributed by atoms with Crippen molar-refractivity contribution in [2.24, 2.45) is 5.92 Å². The maximum Gasteiger partial charge on any atom is 0.0783 e. The van der Waals surface area contributed by atoms with Crippen LogP contribution in [0.2, 0.25) is 0 Å². The Labute approximate surface area is 108 Å². The van der Waals surface area contributed by atoms with Crippen LogP contribution in [0.4, 0.5) is 0 Å². The Kier molecular flexibility index (Phi) is 4.75. The van der Waals surface area contributed by atoms with Crippen molar-refractivity contribution < 1.29 is 14.6 Å². The van der Waals surface area contributed by atoms with E-state index in [9.17, 15) is 5.11 Å². The number of aliphatic hydroxyl groups is 1. The molecule has 0 radical (unpaired) electrons. The van der Waals surface area contributed by atoms with E-state index in [1.807, 2.05) is 18.7 Å². The first-order valence-corrected chi connectivity index (χ1v) is 7.73. The predicted molar refractivity (Wildman–Crippen MR) is 70.4 cm³/mol. The second-order valence-electron chi connectivity index (χ2n) is 5.44. The highest BCUT2D eigenvalue weighted by atomic mass is 32.2. The van der Waals surface area contributed by atoms with Crippen molar-refractivity contribution in [3.63, 3.8) is 0 Å². The summed E-state index contributed by atoms with van der Waals surface area (Å²) in [6, 6.07) is 0. The Hall–Kier alpha value is 0.230. The van der Waals surface area contributed by atoms with Crippen LogP contribution in [-0.2, 0) is 9.47 Å². The molecule has 0 aromatic rings. The third-order valence-corrected chi connectivity index (χ3v) is 5.34. The summed E-state index contributed by atoms with van der Waals surface area (Å²) in [6.45, 7) is 2.83. The van der Waals surface area contributed by atoms with Crippen molar-refractivity contribution in [2.45, 2.75) is 50.4 Å². The molecule has 2 aliphatic heterocycles. The highest BCUT2D eigenvalue weighted by molar-refractivity contribution is 7.99. The fourth-order valence-corrected chi connectivity index (χ4v) is 4.26. The van der Waals surface area contributed by atoms with Gasteiger partial charge in [-0.2, -0.15) is 11.8 Å². The molecule has 4 atom stereocenters. The van der Waals surface area contributed by atoms with Gasteiger partial charge in [-0.05, 0) is 44.3 Å². The van der Waals surface area contributed by atoms with Gasteiger partial charge in [0.15, 0.2) is 0 Å². The molecule has 0 aliphatic carbocycles. The van der Waals surface area contributed by atoms with E-state index in [4.69, 9.17) is 9.47 Å². The number of ether oxygens (including phenoxy) is 2. The largest absolute Gasteiger partial charge is 0.393 e. The topological polar surface area (TPSA) is 38.7 Å². The Morgan fingerprint density at radius 3 is 3.06 bits per heavy atom. The van der Waals surface area contributed by atoms with Crippen molar-refractivity contribution in [3.8, 4) is 0 Å². The smallest absolute Gasteiger partial charge is 0.0783 e. The van der Waals surface area contributed by atoms with Crippen LogP contribution in [0.5, 0.6) is 0 Å². The van der Waals surface area contributed by atoms with Crippen LogP contribution in [0, 0.1) is 5.92 Å². The Morgan fingerprint density at radius 2 is 2.41 bits per heavy atom. The Bertz CT molecular complexity index is 241. The maximum atomic E-state index is 10.3. The zero-order valence-corrected chi connectivity index (χ0v) is 11.7. The standard InChI is InChI=1S/C13H24O3S/c1-10(15-2)7-12(14)11-3-5-16-13(8-11)4-6-17-9-13/h10-12,14H,3-9H2,1-2H3. The minimum absolute atomic E-state index is 0.0743. The molecule has 3 nitrogen and oxygen atoms in total. The van der Waals surface area contributed by atoms with E-state index in [2.05, 4.69) is 0 Å². The van der Waals surface area contributed by atoms with Crippen LogP contribution in [0.25, 0.3) is 0 Å². The average molecular weight is 260 g/mol. The van der Waals surface area contributed by atoms with Gasteiger partial charge >= 0.3 is 0 Å². The molecule has 2 heterocycles. The van der Waals surface area contributed by atoms with Crippen molar-refractivity contribution in [1.29, 1.82) is 0 Å². The molecule has 0 bridgehead atoms. The molecule has 1 N–H and O–H groups in total. The lowest BCUT2D eigenvalue weighted by molar-refractivity contribution is -0.106. The number of rotatable bonds is 4. The van der Waals surface area contributed by atoms with Gasteiger partial charge in [-0.15, -0.1) is 0 Å². The van der Waals surface area contributed by atoms with E-state index >= 15 is 0 Å². The first kappa shape index (κ1) is 13.7. The van der Waals surface area contributed by atoms with Gasteiger partial charge in [0, 0.05) is 19.5 Å². The van der Waals surface area contributed by atoms with E-state index in [1.165, 1.54) is 5.75 Å². The molecule has 2 aliphatic rings. The van der Waals surface area contributed by atoms with Gasteiger partial charge in [-0.1, -0.05) is 0 Å². The average Bonchev–Trinajstić information content (AvgIpc) is 2.77. The maximum absolute atomic E-state index is 10.3. The molecular formula is C13H24O3S. The van der Waals surface area contributed by atoms with Gasteiger partial charge in [0.1, 0.15) is 0 Å². The molecule has 0 amide bonds. The molecule has 4 heteroatoms. The third kappa shape index (κ3) is 3.37. The summed E-state index contributed by atoms with van der Waals surface area (Å²) in [5.41, 5.74) is 0.0743. The number of methoxy groups -OCH3 is 1. The summed E-state index contributed by atoms with van der Waals surface area (Å²) >= 11 is 1.98. The van der Waals surface area contributed by atoms with E-state index < -0.39 is 0 Å². The first-order valence-electron chi connectivity index (χ1n) is 6.58. The third-order valence-electron chi connectivity index (χ3n) is 4.12. The van der Waals surface area contributed by atoms with Crippen LogP contribution in [0.1, 0.15) is 32.6 Å². The van der Waals surface area contributed by atoms with Gasteiger partial charge in [0.05, 0.1) is 17.8 Å². The highest BCUT2D eigenvalue weighted by Crippen LogP contribution is 2.41. The molecule has 2 saturated heterocycles. The van der Waals surface area contributed by atoms with Gasteiger partial charge in [-0.25, -0.2) is 0 Å².